The van der Waals surface area contributed by atoms with Crippen LogP contribution < -0.4 is 5.32 Å². The normalized spacial score (nSPS) is 12.9. The summed E-state index contributed by atoms with van der Waals surface area (Å²) in [5.74, 6) is -0.140. The summed E-state index contributed by atoms with van der Waals surface area (Å²) in [5, 5.41) is 23.2. The zero-order valence-corrected chi connectivity index (χ0v) is 42.8. The van der Waals surface area contributed by atoms with Gasteiger partial charge in [0.2, 0.25) is 5.91 Å². The van der Waals surface area contributed by atoms with Gasteiger partial charge in [0.25, 0.3) is 0 Å². The maximum Gasteiger partial charge on any atom is 0.305 e. The van der Waals surface area contributed by atoms with E-state index in [4.69, 9.17) is 4.74 Å². The van der Waals surface area contributed by atoms with Crippen LogP contribution in [0, 0.1) is 0 Å². The van der Waals surface area contributed by atoms with Crippen molar-refractivity contribution >= 4 is 11.9 Å². The lowest BCUT2D eigenvalue weighted by Crippen LogP contribution is -2.45. The highest BCUT2D eigenvalue weighted by molar-refractivity contribution is 5.76. The van der Waals surface area contributed by atoms with Crippen LogP contribution in [0.1, 0.15) is 296 Å². The van der Waals surface area contributed by atoms with Gasteiger partial charge in [-0.15, -0.1) is 0 Å². The standard InChI is InChI=1S/C58H109NO5/c1-3-5-7-9-11-13-15-17-19-20-21-22-23-24-26-30-34-38-42-46-50-56(61)55(54-60)59-57(62)51-47-43-39-35-31-27-25-29-33-37-41-45-49-53-64-58(63)52-48-44-40-36-32-28-18-16-14-12-10-8-6-4-2/h16,18,27,31,39,43,55-56,60-61H,3-15,17,19-26,28-30,32-38,40-42,44-54H2,1-2H3,(H,59,62)/b18-16-,31-27-,43-39-. The molecule has 0 aliphatic heterocycles. The van der Waals surface area contributed by atoms with Gasteiger partial charge in [0, 0.05) is 12.8 Å². The number of unbranched alkanes of at least 4 members (excludes halogenated alkanes) is 35. The van der Waals surface area contributed by atoms with Crippen molar-refractivity contribution in [2.75, 3.05) is 13.2 Å². The Morgan fingerprint density at radius 3 is 1.23 bits per heavy atom. The van der Waals surface area contributed by atoms with Crippen molar-refractivity contribution < 1.29 is 24.5 Å². The van der Waals surface area contributed by atoms with Crippen LogP contribution in [0.25, 0.3) is 0 Å². The van der Waals surface area contributed by atoms with Gasteiger partial charge >= 0.3 is 5.97 Å². The van der Waals surface area contributed by atoms with Gasteiger partial charge in [0.15, 0.2) is 0 Å². The number of esters is 1. The Kier molecular flexibility index (Phi) is 52.1. The van der Waals surface area contributed by atoms with Crippen LogP contribution in [0.2, 0.25) is 0 Å². The molecule has 64 heavy (non-hydrogen) atoms. The highest BCUT2D eigenvalue weighted by Gasteiger charge is 2.19. The van der Waals surface area contributed by atoms with Crippen LogP contribution in [0.5, 0.6) is 0 Å². The first-order valence-electron chi connectivity index (χ1n) is 28.2. The Hall–Kier alpha value is -1.92. The number of hydrogen-bond acceptors (Lipinski definition) is 5. The molecule has 0 aromatic rings. The predicted octanol–water partition coefficient (Wildman–Crippen LogP) is 17.2. The second-order valence-corrected chi connectivity index (χ2v) is 19.3. The molecule has 0 aromatic carbocycles. The Morgan fingerprint density at radius 1 is 0.438 bits per heavy atom. The van der Waals surface area contributed by atoms with E-state index in [2.05, 4.69) is 49.5 Å². The molecule has 0 radical (unpaired) electrons. The zero-order valence-electron chi connectivity index (χ0n) is 42.8. The van der Waals surface area contributed by atoms with Crippen molar-refractivity contribution in [1.29, 1.82) is 0 Å². The van der Waals surface area contributed by atoms with Gasteiger partial charge in [-0.25, -0.2) is 0 Å². The highest BCUT2D eigenvalue weighted by Crippen LogP contribution is 2.17. The Bertz CT molecular complexity index is 1040. The number of rotatable bonds is 52. The number of allylic oxidation sites excluding steroid dienone is 6. The lowest BCUT2D eigenvalue weighted by molar-refractivity contribution is -0.143. The maximum atomic E-state index is 12.4. The highest BCUT2D eigenvalue weighted by atomic mass is 16.5. The van der Waals surface area contributed by atoms with E-state index in [1.54, 1.807) is 0 Å². The first-order valence-corrected chi connectivity index (χ1v) is 28.2. The summed E-state index contributed by atoms with van der Waals surface area (Å²) in [6.07, 6.45) is 65.7. The van der Waals surface area contributed by atoms with E-state index in [-0.39, 0.29) is 18.5 Å². The fourth-order valence-electron chi connectivity index (χ4n) is 8.57. The predicted molar refractivity (Wildman–Crippen MR) is 278 cm³/mol. The van der Waals surface area contributed by atoms with Crippen LogP contribution in [0.3, 0.4) is 0 Å². The van der Waals surface area contributed by atoms with Gasteiger partial charge in [-0.2, -0.15) is 0 Å². The van der Waals surface area contributed by atoms with E-state index >= 15 is 0 Å². The molecule has 2 unspecified atom stereocenters. The molecular formula is C58H109NO5. The smallest absolute Gasteiger partial charge is 0.305 e. The molecule has 0 aromatic heterocycles. The van der Waals surface area contributed by atoms with E-state index < -0.39 is 12.1 Å². The third-order valence-electron chi connectivity index (χ3n) is 12.9. The number of aliphatic hydroxyl groups excluding tert-OH is 2. The third kappa shape index (κ3) is 49.5. The summed E-state index contributed by atoms with van der Waals surface area (Å²) < 4.78 is 5.45. The quantitative estimate of drug-likeness (QED) is 0.0321. The average molecular weight is 901 g/mol. The van der Waals surface area contributed by atoms with Gasteiger partial charge < -0.3 is 20.3 Å². The SMILES string of the molecule is CCCCCCC/C=C\CCCCCCCC(=O)OCCCCCCCC/C=C\C/C=C\CCC(=O)NC(CO)C(O)CCCCCCCCCCCCCCCCCCCCCC. The largest absolute Gasteiger partial charge is 0.466 e. The van der Waals surface area contributed by atoms with Crippen LogP contribution in [0.4, 0.5) is 0 Å². The zero-order chi connectivity index (χ0) is 46.5. The molecule has 1 amide bonds. The molecule has 0 aliphatic rings. The number of nitrogens with one attached hydrogen (secondary N) is 1. The Morgan fingerprint density at radius 2 is 0.797 bits per heavy atom. The summed E-state index contributed by atoms with van der Waals surface area (Å²) in [4.78, 5) is 24.5. The molecule has 0 heterocycles. The second kappa shape index (κ2) is 53.7. The molecular weight excluding hydrogens is 791 g/mol. The van der Waals surface area contributed by atoms with E-state index in [9.17, 15) is 19.8 Å². The van der Waals surface area contributed by atoms with Crippen molar-refractivity contribution in [2.24, 2.45) is 0 Å². The topological polar surface area (TPSA) is 95.9 Å². The lowest BCUT2D eigenvalue weighted by Gasteiger charge is -2.22. The van der Waals surface area contributed by atoms with Crippen molar-refractivity contribution in [3.63, 3.8) is 0 Å². The monoisotopic (exact) mass is 900 g/mol. The minimum Gasteiger partial charge on any atom is -0.466 e. The second-order valence-electron chi connectivity index (χ2n) is 19.3. The molecule has 6 nitrogen and oxygen atoms in total. The minimum atomic E-state index is -0.700. The molecule has 3 N–H and O–H groups in total. The van der Waals surface area contributed by atoms with Gasteiger partial charge in [0.1, 0.15) is 0 Å². The van der Waals surface area contributed by atoms with Crippen LogP contribution in [-0.2, 0) is 14.3 Å². The van der Waals surface area contributed by atoms with Crippen molar-refractivity contribution in [1.82, 2.24) is 5.32 Å². The fraction of sp³-hybridized carbons (Fsp3) is 0.862. The Labute approximate surface area is 398 Å². The van der Waals surface area contributed by atoms with Crippen LogP contribution in [0.15, 0.2) is 36.5 Å². The van der Waals surface area contributed by atoms with Gasteiger partial charge in [-0.05, 0) is 70.6 Å². The summed E-state index contributed by atoms with van der Waals surface area (Å²) in [7, 11) is 0. The average Bonchev–Trinajstić information content (AvgIpc) is 3.29. The molecule has 0 bridgehead atoms. The van der Waals surface area contributed by atoms with Gasteiger partial charge in [-0.3, -0.25) is 9.59 Å². The molecule has 376 valence electrons. The summed E-state index contributed by atoms with van der Waals surface area (Å²) in [6, 6.07) is -0.587. The van der Waals surface area contributed by atoms with E-state index in [0.29, 0.717) is 32.3 Å². The molecule has 0 saturated heterocycles. The first kappa shape index (κ1) is 62.1. The maximum absolute atomic E-state index is 12.4. The molecule has 0 fully saturated rings. The molecule has 6 heteroatoms. The van der Waals surface area contributed by atoms with Crippen LogP contribution >= 0.6 is 0 Å². The van der Waals surface area contributed by atoms with Crippen molar-refractivity contribution in [3.8, 4) is 0 Å². The number of carbonyl (C=O) groups is 2. The molecule has 2 atom stereocenters. The van der Waals surface area contributed by atoms with Crippen molar-refractivity contribution in [2.45, 2.75) is 309 Å². The molecule has 0 rings (SSSR count). The molecule has 0 saturated carbocycles. The van der Waals surface area contributed by atoms with Crippen molar-refractivity contribution in [3.05, 3.63) is 36.5 Å². The van der Waals surface area contributed by atoms with Gasteiger partial charge in [0.05, 0.1) is 25.4 Å². The van der Waals surface area contributed by atoms with E-state index in [0.717, 1.165) is 51.4 Å². The van der Waals surface area contributed by atoms with E-state index in [1.165, 1.54) is 205 Å². The number of hydrogen-bond donors (Lipinski definition) is 3. The van der Waals surface area contributed by atoms with Gasteiger partial charge in [-0.1, -0.05) is 249 Å². The minimum absolute atomic E-state index is 0.0254. The first-order chi connectivity index (χ1) is 31.5. The molecule has 0 spiro atoms. The summed E-state index contributed by atoms with van der Waals surface area (Å²) >= 11 is 0. The van der Waals surface area contributed by atoms with Crippen LogP contribution in [-0.4, -0.2) is 47.4 Å². The summed E-state index contributed by atoms with van der Waals surface area (Å²) in [5.41, 5.74) is 0. The third-order valence-corrected chi connectivity index (χ3v) is 12.9. The fourth-order valence-corrected chi connectivity index (χ4v) is 8.57. The lowest BCUT2D eigenvalue weighted by atomic mass is 10.0. The molecule has 0 aliphatic carbocycles. The Balaban J connectivity index is 3.55. The number of amides is 1. The number of aliphatic hydroxyl groups is 2. The summed E-state index contributed by atoms with van der Waals surface area (Å²) in [6.45, 7) is 4.89. The number of ether oxygens (including phenoxy) is 1. The van der Waals surface area contributed by atoms with E-state index in [1.807, 2.05) is 6.08 Å². The number of carbonyl (C=O) groups excluding carboxylic acids is 2.